The van der Waals surface area contributed by atoms with Crippen molar-refractivity contribution in [2.75, 3.05) is 5.32 Å². The third kappa shape index (κ3) is 3.56. The normalized spacial score (nSPS) is 11.1. The monoisotopic (exact) mass is 307 g/mol. The van der Waals surface area contributed by atoms with Gasteiger partial charge in [0.25, 0.3) is 0 Å². The van der Waals surface area contributed by atoms with E-state index < -0.39 is 16.0 Å². The van der Waals surface area contributed by atoms with Crippen LogP contribution in [-0.4, -0.2) is 24.5 Å². The largest absolute Gasteiger partial charge is 0.478 e. The number of aromatic carboxylic acids is 1. The molecular weight excluding hydrogens is 294 g/mol. The molecule has 4 N–H and O–H groups in total. The first-order chi connectivity index (χ1) is 9.77. The summed E-state index contributed by atoms with van der Waals surface area (Å²) in [6, 6.07) is 5.40. The fraction of sp³-hybridized carbons (Fsp3) is 0.0769. The minimum Gasteiger partial charge on any atom is -0.478 e. The van der Waals surface area contributed by atoms with Gasteiger partial charge in [0.15, 0.2) is 0 Å². The van der Waals surface area contributed by atoms with E-state index in [9.17, 15) is 18.3 Å². The SMILES string of the molecule is Cc1cncc(Nc2ccc(S(N)(=O)=O)cc2C(=O)O)c1. The Morgan fingerprint density at radius 1 is 1.29 bits per heavy atom. The van der Waals surface area contributed by atoms with Gasteiger partial charge in [0.05, 0.1) is 28.0 Å². The summed E-state index contributed by atoms with van der Waals surface area (Å²) >= 11 is 0. The number of nitrogens with one attached hydrogen (secondary N) is 1. The molecular formula is C13H13N3O4S. The van der Waals surface area contributed by atoms with E-state index in [2.05, 4.69) is 10.3 Å². The molecule has 1 heterocycles. The Bertz CT molecular complexity index is 803. The number of carboxylic acid groups (broad SMARTS) is 1. The van der Waals surface area contributed by atoms with E-state index in [0.29, 0.717) is 5.69 Å². The maximum absolute atomic E-state index is 11.3. The van der Waals surface area contributed by atoms with Gasteiger partial charge in [0.2, 0.25) is 10.0 Å². The molecule has 21 heavy (non-hydrogen) atoms. The van der Waals surface area contributed by atoms with Crippen LogP contribution in [0.5, 0.6) is 0 Å². The Balaban J connectivity index is 2.47. The maximum atomic E-state index is 11.3. The van der Waals surface area contributed by atoms with Crippen molar-refractivity contribution in [3.05, 3.63) is 47.8 Å². The summed E-state index contributed by atoms with van der Waals surface area (Å²) in [6.07, 6.45) is 3.19. The van der Waals surface area contributed by atoms with E-state index in [1.165, 1.54) is 18.3 Å². The molecule has 0 aliphatic rings. The van der Waals surface area contributed by atoms with Crippen LogP contribution in [0.25, 0.3) is 0 Å². The smallest absolute Gasteiger partial charge is 0.337 e. The number of anilines is 2. The number of rotatable bonds is 4. The van der Waals surface area contributed by atoms with Gasteiger partial charge in [-0.1, -0.05) is 0 Å². The lowest BCUT2D eigenvalue weighted by Crippen LogP contribution is -2.14. The molecule has 2 aromatic rings. The Morgan fingerprint density at radius 3 is 2.57 bits per heavy atom. The first-order valence-corrected chi connectivity index (χ1v) is 7.41. The van der Waals surface area contributed by atoms with Crippen LogP contribution in [0.2, 0.25) is 0 Å². The molecule has 0 unspecified atom stereocenters. The second-order valence-electron chi connectivity index (χ2n) is 4.43. The van der Waals surface area contributed by atoms with E-state index in [-0.39, 0.29) is 16.1 Å². The Morgan fingerprint density at radius 2 is 2.00 bits per heavy atom. The van der Waals surface area contributed by atoms with E-state index in [1.54, 1.807) is 12.3 Å². The molecule has 110 valence electrons. The number of aryl methyl sites for hydroxylation is 1. The highest BCUT2D eigenvalue weighted by atomic mass is 32.2. The summed E-state index contributed by atoms with van der Waals surface area (Å²) in [5.41, 5.74) is 1.56. The van der Waals surface area contributed by atoms with Gasteiger partial charge < -0.3 is 10.4 Å². The minimum atomic E-state index is -3.96. The van der Waals surface area contributed by atoms with Gasteiger partial charge in [0, 0.05) is 6.20 Å². The molecule has 0 saturated carbocycles. The molecule has 2 rings (SSSR count). The number of primary sulfonamides is 1. The molecule has 7 nitrogen and oxygen atoms in total. The van der Waals surface area contributed by atoms with E-state index in [0.717, 1.165) is 11.6 Å². The van der Waals surface area contributed by atoms with Crippen molar-refractivity contribution >= 4 is 27.4 Å². The highest BCUT2D eigenvalue weighted by molar-refractivity contribution is 7.89. The fourth-order valence-electron chi connectivity index (χ4n) is 1.77. The molecule has 0 amide bonds. The van der Waals surface area contributed by atoms with E-state index in [4.69, 9.17) is 5.14 Å². The molecule has 0 radical (unpaired) electrons. The topological polar surface area (TPSA) is 122 Å². The van der Waals surface area contributed by atoms with Crippen LogP contribution < -0.4 is 10.5 Å². The van der Waals surface area contributed by atoms with Gasteiger partial charge in [0.1, 0.15) is 0 Å². The predicted octanol–water partition coefficient (Wildman–Crippen LogP) is 1.48. The van der Waals surface area contributed by atoms with Crippen LogP contribution in [0, 0.1) is 6.92 Å². The molecule has 8 heteroatoms. The van der Waals surface area contributed by atoms with Gasteiger partial charge in [-0.05, 0) is 36.8 Å². The lowest BCUT2D eigenvalue weighted by Gasteiger charge is -2.11. The summed E-state index contributed by atoms with van der Waals surface area (Å²) in [6.45, 7) is 1.85. The molecule has 0 aliphatic heterocycles. The van der Waals surface area contributed by atoms with Crippen LogP contribution >= 0.6 is 0 Å². The molecule has 0 atom stereocenters. The number of sulfonamides is 1. The molecule has 1 aromatic carbocycles. The van der Waals surface area contributed by atoms with Crippen molar-refractivity contribution in [3.63, 3.8) is 0 Å². The highest BCUT2D eigenvalue weighted by Crippen LogP contribution is 2.24. The molecule has 0 saturated heterocycles. The number of hydrogen-bond acceptors (Lipinski definition) is 5. The lowest BCUT2D eigenvalue weighted by molar-refractivity contribution is 0.0697. The summed E-state index contributed by atoms with van der Waals surface area (Å²) in [5, 5.41) is 17.1. The number of hydrogen-bond donors (Lipinski definition) is 3. The number of carboxylic acids is 1. The minimum absolute atomic E-state index is 0.192. The third-order valence-electron chi connectivity index (χ3n) is 2.70. The Kier molecular flexibility index (Phi) is 3.92. The van der Waals surface area contributed by atoms with Crippen molar-refractivity contribution in [3.8, 4) is 0 Å². The van der Waals surface area contributed by atoms with Crippen molar-refractivity contribution in [2.24, 2.45) is 5.14 Å². The van der Waals surface area contributed by atoms with Gasteiger partial charge in [-0.3, -0.25) is 4.98 Å². The Hall–Kier alpha value is -2.45. The summed E-state index contributed by atoms with van der Waals surface area (Å²) in [5.74, 6) is -1.26. The number of aromatic nitrogens is 1. The quantitative estimate of drug-likeness (QED) is 0.786. The lowest BCUT2D eigenvalue weighted by atomic mass is 10.1. The molecule has 0 fully saturated rings. The number of carbonyl (C=O) groups is 1. The number of pyridine rings is 1. The second kappa shape index (κ2) is 5.51. The van der Waals surface area contributed by atoms with Gasteiger partial charge >= 0.3 is 5.97 Å². The number of benzene rings is 1. The summed E-state index contributed by atoms with van der Waals surface area (Å²) in [7, 11) is -3.96. The standard InChI is InChI=1S/C13H13N3O4S/c1-8-4-9(7-15-6-8)16-12-3-2-10(21(14,19)20)5-11(12)13(17)18/h2-7,16H,1H3,(H,17,18)(H2,14,19,20). The van der Waals surface area contributed by atoms with Crippen molar-refractivity contribution in [1.29, 1.82) is 0 Å². The van der Waals surface area contributed by atoms with Crippen molar-refractivity contribution in [1.82, 2.24) is 4.98 Å². The van der Waals surface area contributed by atoms with Crippen LogP contribution in [0.3, 0.4) is 0 Å². The first-order valence-electron chi connectivity index (χ1n) is 5.86. The van der Waals surface area contributed by atoms with Crippen LogP contribution in [0.15, 0.2) is 41.6 Å². The van der Waals surface area contributed by atoms with Crippen LogP contribution in [0.1, 0.15) is 15.9 Å². The number of nitrogens with zero attached hydrogens (tertiary/aromatic N) is 1. The van der Waals surface area contributed by atoms with Gasteiger partial charge in [-0.25, -0.2) is 18.4 Å². The zero-order chi connectivity index (χ0) is 15.6. The molecule has 0 aliphatic carbocycles. The zero-order valence-electron chi connectivity index (χ0n) is 11.1. The summed E-state index contributed by atoms with van der Waals surface area (Å²) < 4.78 is 22.6. The average Bonchev–Trinajstić information content (AvgIpc) is 2.37. The average molecular weight is 307 g/mol. The Labute approximate surface area is 121 Å². The molecule has 0 bridgehead atoms. The first kappa shape index (κ1) is 14.9. The molecule has 1 aromatic heterocycles. The number of nitrogens with two attached hydrogens (primary N) is 1. The van der Waals surface area contributed by atoms with Crippen molar-refractivity contribution in [2.45, 2.75) is 11.8 Å². The van der Waals surface area contributed by atoms with Crippen LogP contribution in [-0.2, 0) is 10.0 Å². The third-order valence-corrected chi connectivity index (χ3v) is 3.61. The maximum Gasteiger partial charge on any atom is 0.337 e. The zero-order valence-corrected chi connectivity index (χ0v) is 11.9. The second-order valence-corrected chi connectivity index (χ2v) is 5.99. The molecule has 0 spiro atoms. The summed E-state index contributed by atoms with van der Waals surface area (Å²) in [4.78, 5) is 15.0. The predicted molar refractivity (Wildman–Crippen MR) is 77.0 cm³/mol. The van der Waals surface area contributed by atoms with Gasteiger partial charge in [-0.15, -0.1) is 0 Å². The van der Waals surface area contributed by atoms with E-state index >= 15 is 0 Å². The van der Waals surface area contributed by atoms with E-state index in [1.807, 2.05) is 6.92 Å². The van der Waals surface area contributed by atoms with Crippen LogP contribution in [0.4, 0.5) is 11.4 Å². The highest BCUT2D eigenvalue weighted by Gasteiger charge is 2.16. The van der Waals surface area contributed by atoms with Crippen molar-refractivity contribution < 1.29 is 18.3 Å². The fourth-order valence-corrected chi connectivity index (χ4v) is 2.30. The van der Waals surface area contributed by atoms with Gasteiger partial charge in [-0.2, -0.15) is 0 Å².